The number of carbonyl (C=O) groups excluding carboxylic acids is 2. The molecule has 2 amide bonds. The average Bonchev–Trinajstić information content (AvgIpc) is 3.34. The zero-order valence-electron chi connectivity index (χ0n) is 15.5. The number of rotatable bonds is 3. The second-order valence-electron chi connectivity index (χ2n) is 7.02. The Balaban J connectivity index is 1.31. The number of nitrogens with two attached hydrogens (primary N) is 1. The number of amides is 2. The van der Waals surface area contributed by atoms with Crippen LogP contribution in [0.2, 0.25) is 0 Å². The van der Waals surface area contributed by atoms with E-state index in [1.807, 2.05) is 0 Å². The molecular weight excluding hydrogens is 378 g/mol. The van der Waals surface area contributed by atoms with Gasteiger partial charge in [0, 0.05) is 36.9 Å². The molecule has 0 bridgehead atoms. The van der Waals surface area contributed by atoms with Crippen molar-refractivity contribution >= 4 is 28.9 Å². The highest BCUT2D eigenvalue weighted by Gasteiger charge is 2.36. The highest BCUT2D eigenvalue weighted by Crippen LogP contribution is 2.39. The van der Waals surface area contributed by atoms with Gasteiger partial charge in [0.2, 0.25) is 18.6 Å². The van der Waals surface area contributed by atoms with Crippen LogP contribution >= 0.6 is 0 Å². The molecule has 9 nitrogen and oxygen atoms in total. The number of ether oxygens (including phenoxy) is 4. The molecule has 0 aromatic heterocycles. The summed E-state index contributed by atoms with van der Waals surface area (Å²) in [7, 11) is 0. The lowest BCUT2D eigenvalue weighted by Gasteiger charge is -2.22. The summed E-state index contributed by atoms with van der Waals surface area (Å²) in [6.45, 7) is 1.36. The van der Waals surface area contributed by atoms with Crippen LogP contribution in [0.1, 0.15) is 6.42 Å². The molecule has 3 aliphatic heterocycles. The molecule has 0 aliphatic carbocycles. The van der Waals surface area contributed by atoms with E-state index in [0.29, 0.717) is 53.3 Å². The topological polar surface area (TPSA) is 112 Å². The summed E-state index contributed by atoms with van der Waals surface area (Å²) < 4.78 is 21.7. The van der Waals surface area contributed by atoms with E-state index in [2.05, 4.69) is 5.32 Å². The Morgan fingerprint density at radius 1 is 1.00 bits per heavy atom. The lowest BCUT2D eigenvalue weighted by Crippen LogP contribution is -2.28. The second kappa shape index (κ2) is 6.77. The number of hydrogen-bond acceptors (Lipinski definition) is 7. The van der Waals surface area contributed by atoms with E-state index in [1.165, 1.54) is 0 Å². The zero-order valence-corrected chi connectivity index (χ0v) is 15.5. The minimum Gasteiger partial charge on any atom is -0.486 e. The van der Waals surface area contributed by atoms with Gasteiger partial charge in [0.15, 0.2) is 23.0 Å². The Kier molecular flexibility index (Phi) is 4.08. The first-order valence-corrected chi connectivity index (χ1v) is 9.28. The maximum Gasteiger partial charge on any atom is 0.231 e. The van der Waals surface area contributed by atoms with Gasteiger partial charge in [-0.1, -0.05) is 0 Å². The molecule has 0 radical (unpaired) electrons. The maximum atomic E-state index is 12.8. The highest BCUT2D eigenvalue weighted by atomic mass is 16.7. The fraction of sp³-hybridized carbons (Fsp3) is 0.300. The predicted octanol–water partition coefficient (Wildman–Crippen LogP) is 1.76. The Morgan fingerprint density at radius 3 is 2.55 bits per heavy atom. The standard InChI is InChI=1S/C20H19N3O6/c21-13-7-17-18(29-10-28-17)8-14(13)22-20(25)11-5-19(24)23(9-11)12-1-2-15-16(6-12)27-4-3-26-15/h1-2,6-8,11H,3-5,9-10,21H2,(H,22,25). The van der Waals surface area contributed by atoms with Crippen molar-refractivity contribution in [2.45, 2.75) is 6.42 Å². The van der Waals surface area contributed by atoms with Gasteiger partial charge in [-0.3, -0.25) is 9.59 Å². The molecule has 1 fully saturated rings. The molecule has 2 aromatic rings. The molecule has 3 heterocycles. The number of nitrogens with one attached hydrogen (secondary N) is 1. The lowest BCUT2D eigenvalue weighted by molar-refractivity contribution is -0.122. The molecule has 2 aromatic carbocycles. The van der Waals surface area contributed by atoms with Gasteiger partial charge in [-0.2, -0.15) is 0 Å². The third kappa shape index (κ3) is 3.14. The number of fused-ring (bicyclic) bond motifs is 2. The summed E-state index contributed by atoms with van der Waals surface area (Å²) in [6.07, 6.45) is 0.116. The van der Waals surface area contributed by atoms with Crippen LogP contribution in [0.15, 0.2) is 30.3 Å². The van der Waals surface area contributed by atoms with Crippen LogP contribution in [0.3, 0.4) is 0 Å². The molecule has 150 valence electrons. The van der Waals surface area contributed by atoms with Crippen LogP contribution in [0.25, 0.3) is 0 Å². The molecule has 3 N–H and O–H groups in total. The van der Waals surface area contributed by atoms with E-state index < -0.39 is 5.92 Å². The Bertz CT molecular complexity index is 1010. The highest BCUT2D eigenvalue weighted by molar-refractivity contribution is 6.04. The summed E-state index contributed by atoms with van der Waals surface area (Å²) in [6, 6.07) is 8.58. The van der Waals surface area contributed by atoms with E-state index >= 15 is 0 Å². The normalized spacial score (nSPS) is 19.4. The first-order valence-electron chi connectivity index (χ1n) is 9.28. The minimum absolute atomic E-state index is 0.116. The van der Waals surface area contributed by atoms with Crippen molar-refractivity contribution in [3.05, 3.63) is 30.3 Å². The summed E-state index contributed by atoms with van der Waals surface area (Å²) in [4.78, 5) is 26.9. The molecular formula is C20H19N3O6. The van der Waals surface area contributed by atoms with Crippen LogP contribution in [-0.4, -0.2) is 38.4 Å². The van der Waals surface area contributed by atoms with E-state index in [9.17, 15) is 9.59 Å². The zero-order chi connectivity index (χ0) is 20.0. The van der Waals surface area contributed by atoms with Crippen molar-refractivity contribution in [1.82, 2.24) is 0 Å². The van der Waals surface area contributed by atoms with Gasteiger partial charge in [0.05, 0.1) is 17.3 Å². The van der Waals surface area contributed by atoms with Gasteiger partial charge >= 0.3 is 0 Å². The smallest absolute Gasteiger partial charge is 0.231 e. The van der Waals surface area contributed by atoms with Crippen molar-refractivity contribution in [1.29, 1.82) is 0 Å². The van der Waals surface area contributed by atoms with E-state index in [0.717, 1.165) is 0 Å². The number of nitrogen functional groups attached to an aromatic ring is 1. The van der Waals surface area contributed by atoms with Gasteiger partial charge in [-0.05, 0) is 12.1 Å². The van der Waals surface area contributed by atoms with Crippen molar-refractivity contribution < 1.29 is 28.5 Å². The average molecular weight is 397 g/mol. The predicted molar refractivity (Wildman–Crippen MR) is 103 cm³/mol. The van der Waals surface area contributed by atoms with Crippen molar-refractivity contribution in [2.75, 3.05) is 42.5 Å². The summed E-state index contributed by atoms with van der Waals surface area (Å²) in [5.74, 6) is 1.42. The second-order valence-corrected chi connectivity index (χ2v) is 7.02. The maximum absolute atomic E-state index is 12.8. The van der Waals surface area contributed by atoms with E-state index in [4.69, 9.17) is 24.7 Å². The van der Waals surface area contributed by atoms with E-state index in [1.54, 1.807) is 35.2 Å². The van der Waals surface area contributed by atoms with Crippen LogP contribution < -0.4 is 34.9 Å². The van der Waals surface area contributed by atoms with Gasteiger partial charge in [0.1, 0.15) is 13.2 Å². The van der Waals surface area contributed by atoms with Gasteiger partial charge < -0.3 is 34.9 Å². The molecule has 3 aliphatic rings. The number of hydrogen-bond donors (Lipinski definition) is 2. The number of anilines is 3. The molecule has 1 unspecified atom stereocenters. The van der Waals surface area contributed by atoms with Crippen LogP contribution in [-0.2, 0) is 9.59 Å². The van der Waals surface area contributed by atoms with Crippen molar-refractivity contribution in [3.8, 4) is 23.0 Å². The molecule has 29 heavy (non-hydrogen) atoms. The molecule has 9 heteroatoms. The van der Waals surface area contributed by atoms with Crippen LogP contribution in [0.4, 0.5) is 17.1 Å². The summed E-state index contributed by atoms with van der Waals surface area (Å²) in [5.41, 5.74) is 7.48. The molecule has 1 atom stereocenters. The van der Waals surface area contributed by atoms with Gasteiger partial charge in [-0.25, -0.2) is 0 Å². The van der Waals surface area contributed by atoms with Gasteiger partial charge in [-0.15, -0.1) is 0 Å². The van der Waals surface area contributed by atoms with Gasteiger partial charge in [0.25, 0.3) is 0 Å². The largest absolute Gasteiger partial charge is 0.486 e. The van der Waals surface area contributed by atoms with Crippen LogP contribution in [0.5, 0.6) is 23.0 Å². The summed E-state index contributed by atoms with van der Waals surface area (Å²) >= 11 is 0. The first-order chi connectivity index (χ1) is 14.1. The van der Waals surface area contributed by atoms with Crippen LogP contribution in [0, 0.1) is 5.92 Å². The first kappa shape index (κ1) is 17.5. The SMILES string of the molecule is Nc1cc2c(cc1NC(=O)C1CC(=O)N(c3ccc4c(c3)OCCO4)C1)OCO2. The Morgan fingerprint density at radius 2 is 1.72 bits per heavy atom. The molecule has 0 spiro atoms. The molecule has 1 saturated heterocycles. The Labute approximate surface area is 166 Å². The minimum atomic E-state index is -0.500. The fourth-order valence-electron chi connectivity index (χ4n) is 3.63. The quantitative estimate of drug-likeness (QED) is 0.759. The lowest BCUT2D eigenvalue weighted by atomic mass is 10.1. The molecule has 0 saturated carbocycles. The number of nitrogens with zero attached hydrogens (tertiary/aromatic N) is 1. The summed E-state index contributed by atoms with van der Waals surface area (Å²) in [5, 5.41) is 2.80. The van der Waals surface area contributed by atoms with Crippen molar-refractivity contribution in [3.63, 3.8) is 0 Å². The molecule has 5 rings (SSSR count). The van der Waals surface area contributed by atoms with Crippen molar-refractivity contribution in [2.24, 2.45) is 5.92 Å². The number of benzene rings is 2. The monoisotopic (exact) mass is 397 g/mol. The third-order valence-corrected chi connectivity index (χ3v) is 5.14. The number of carbonyl (C=O) groups is 2. The fourth-order valence-corrected chi connectivity index (χ4v) is 3.63. The Hall–Kier alpha value is -3.62. The third-order valence-electron chi connectivity index (χ3n) is 5.14. The van der Waals surface area contributed by atoms with E-state index in [-0.39, 0.29) is 31.6 Å².